The van der Waals surface area contributed by atoms with Crippen LogP contribution in [0.3, 0.4) is 0 Å². The summed E-state index contributed by atoms with van der Waals surface area (Å²) in [6.45, 7) is 3.10. The van der Waals surface area contributed by atoms with Crippen molar-refractivity contribution in [2.75, 3.05) is 27.2 Å². The number of carbonyl (C=O) groups excluding carboxylic acids is 1. The number of thioether (sulfide) groups is 1. The summed E-state index contributed by atoms with van der Waals surface area (Å²) in [6, 6.07) is 16.3. The van der Waals surface area contributed by atoms with Gasteiger partial charge in [0.25, 0.3) is 0 Å². The van der Waals surface area contributed by atoms with Crippen LogP contribution < -0.4 is 0 Å². The van der Waals surface area contributed by atoms with Crippen molar-refractivity contribution in [1.82, 2.24) is 4.90 Å². The second kappa shape index (κ2) is 6.38. The zero-order valence-electron chi connectivity index (χ0n) is 13.7. The van der Waals surface area contributed by atoms with Gasteiger partial charge in [0.2, 0.25) is 0 Å². The Labute approximate surface area is 141 Å². The Morgan fingerprint density at radius 3 is 2.48 bits per heavy atom. The third kappa shape index (κ3) is 3.01. The van der Waals surface area contributed by atoms with Gasteiger partial charge in [0.15, 0.2) is 0 Å². The molecular formula is C19H21NO2S. The first-order chi connectivity index (χ1) is 11.0. The third-order valence-electron chi connectivity index (χ3n) is 4.09. The molecule has 0 aliphatic carbocycles. The van der Waals surface area contributed by atoms with E-state index in [0.717, 1.165) is 22.6 Å². The Kier molecular flexibility index (Phi) is 4.46. The van der Waals surface area contributed by atoms with E-state index in [0.29, 0.717) is 6.61 Å². The van der Waals surface area contributed by atoms with Crippen molar-refractivity contribution in [3.8, 4) is 11.1 Å². The minimum atomic E-state index is -0.711. The summed E-state index contributed by atoms with van der Waals surface area (Å²) < 4.78 is 4.85. The molecule has 0 amide bonds. The molecular weight excluding hydrogens is 306 g/mol. The molecule has 1 heterocycles. The molecule has 120 valence electrons. The summed E-state index contributed by atoms with van der Waals surface area (Å²) in [7, 11) is 3.94. The molecule has 2 aromatic carbocycles. The maximum atomic E-state index is 12.8. The number of esters is 1. The van der Waals surface area contributed by atoms with Crippen molar-refractivity contribution >= 4 is 17.7 Å². The summed E-state index contributed by atoms with van der Waals surface area (Å²) in [5.74, 6) is -0.175. The Balaban J connectivity index is 1.96. The van der Waals surface area contributed by atoms with Gasteiger partial charge < -0.3 is 9.64 Å². The van der Waals surface area contributed by atoms with Crippen molar-refractivity contribution in [1.29, 1.82) is 0 Å². The lowest BCUT2D eigenvalue weighted by atomic mass is 9.90. The van der Waals surface area contributed by atoms with Crippen LogP contribution in [0.5, 0.6) is 0 Å². The second-order valence-corrected chi connectivity index (χ2v) is 7.58. The van der Waals surface area contributed by atoms with Gasteiger partial charge in [-0.15, -0.1) is 11.8 Å². The molecule has 3 nitrogen and oxygen atoms in total. The van der Waals surface area contributed by atoms with E-state index >= 15 is 0 Å². The number of ether oxygens (including phenoxy) is 1. The van der Waals surface area contributed by atoms with E-state index in [9.17, 15) is 4.79 Å². The Morgan fingerprint density at radius 2 is 1.74 bits per heavy atom. The molecule has 0 aromatic heterocycles. The molecule has 0 radical (unpaired) electrons. The lowest BCUT2D eigenvalue weighted by Gasteiger charge is -2.34. The van der Waals surface area contributed by atoms with Gasteiger partial charge >= 0.3 is 5.97 Å². The summed E-state index contributed by atoms with van der Waals surface area (Å²) in [5.41, 5.74) is 3.33. The monoisotopic (exact) mass is 327 g/mol. The van der Waals surface area contributed by atoms with Crippen LogP contribution in [-0.4, -0.2) is 38.1 Å². The molecule has 2 aromatic rings. The number of hydrogen-bond donors (Lipinski definition) is 0. The first-order valence-electron chi connectivity index (χ1n) is 7.72. The molecule has 0 bridgehead atoms. The van der Waals surface area contributed by atoms with Gasteiger partial charge in [-0.25, -0.2) is 0 Å². The van der Waals surface area contributed by atoms with Gasteiger partial charge in [-0.05, 0) is 43.8 Å². The molecule has 0 fully saturated rings. The van der Waals surface area contributed by atoms with E-state index in [1.807, 2.05) is 56.3 Å². The van der Waals surface area contributed by atoms with Crippen molar-refractivity contribution in [2.24, 2.45) is 0 Å². The predicted molar refractivity (Wildman–Crippen MR) is 94.6 cm³/mol. The summed E-state index contributed by atoms with van der Waals surface area (Å²) in [6.07, 6.45) is 0. The Hall–Kier alpha value is -1.78. The van der Waals surface area contributed by atoms with Gasteiger partial charge in [-0.2, -0.15) is 0 Å². The molecule has 0 saturated heterocycles. The minimum absolute atomic E-state index is 0.175. The molecule has 4 heteroatoms. The van der Waals surface area contributed by atoms with Gasteiger partial charge in [-0.3, -0.25) is 4.79 Å². The third-order valence-corrected chi connectivity index (χ3v) is 5.46. The number of benzene rings is 2. The Morgan fingerprint density at radius 1 is 1.09 bits per heavy atom. The predicted octanol–water partition coefficient (Wildman–Crippen LogP) is 3.78. The topological polar surface area (TPSA) is 29.5 Å². The van der Waals surface area contributed by atoms with Gasteiger partial charge in [0, 0.05) is 11.4 Å². The van der Waals surface area contributed by atoms with Crippen LogP contribution in [0.25, 0.3) is 11.1 Å². The fraction of sp³-hybridized carbons (Fsp3) is 0.316. The minimum Gasteiger partial charge on any atom is -0.463 e. The molecule has 3 rings (SSSR count). The van der Waals surface area contributed by atoms with Gasteiger partial charge in [-0.1, -0.05) is 42.5 Å². The first kappa shape index (κ1) is 16.1. The van der Waals surface area contributed by atoms with Crippen molar-refractivity contribution in [3.63, 3.8) is 0 Å². The average molecular weight is 327 g/mol. The fourth-order valence-electron chi connectivity index (χ4n) is 2.80. The molecule has 1 unspecified atom stereocenters. The van der Waals surface area contributed by atoms with E-state index in [1.165, 1.54) is 5.56 Å². The number of rotatable bonds is 4. The summed E-state index contributed by atoms with van der Waals surface area (Å²) in [5, 5.41) is 0. The van der Waals surface area contributed by atoms with E-state index in [1.54, 1.807) is 11.8 Å². The van der Waals surface area contributed by atoms with Crippen LogP contribution in [0, 0.1) is 0 Å². The zero-order valence-corrected chi connectivity index (χ0v) is 14.5. The molecule has 1 aliphatic heterocycles. The number of fused-ring (bicyclic) bond motifs is 3. The quantitative estimate of drug-likeness (QED) is 0.799. The lowest BCUT2D eigenvalue weighted by Crippen LogP contribution is -2.34. The van der Waals surface area contributed by atoms with Crippen LogP contribution in [0.4, 0.5) is 0 Å². The molecule has 1 atom stereocenters. The number of hydrogen-bond acceptors (Lipinski definition) is 4. The molecule has 0 spiro atoms. The number of nitrogens with zero attached hydrogens (tertiary/aromatic N) is 1. The summed E-state index contributed by atoms with van der Waals surface area (Å²) >= 11 is 1.58. The van der Waals surface area contributed by atoms with Crippen molar-refractivity contribution < 1.29 is 9.53 Å². The molecule has 1 aliphatic rings. The lowest BCUT2D eigenvalue weighted by molar-refractivity contribution is -0.146. The highest BCUT2D eigenvalue weighted by molar-refractivity contribution is 8.01. The molecule has 0 saturated carbocycles. The normalized spacial score (nSPS) is 19.1. The highest BCUT2D eigenvalue weighted by Crippen LogP contribution is 2.52. The SMILES string of the molecule is CN(C)CCOC(=O)C1(C)Sc2ccccc2-c2ccccc21. The van der Waals surface area contributed by atoms with Crippen LogP contribution in [0.15, 0.2) is 53.4 Å². The van der Waals surface area contributed by atoms with Crippen molar-refractivity contribution in [3.05, 3.63) is 54.1 Å². The van der Waals surface area contributed by atoms with Crippen LogP contribution in [-0.2, 0) is 14.3 Å². The van der Waals surface area contributed by atoms with E-state index in [4.69, 9.17) is 4.74 Å². The van der Waals surface area contributed by atoms with Gasteiger partial charge in [0.05, 0.1) is 0 Å². The number of likely N-dealkylation sites (N-methyl/N-ethyl adjacent to an activating group) is 1. The van der Waals surface area contributed by atoms with E-state index in [-0.39, 0.29) is 5.97 Å². The van der Waals surface area contributed by atoms with Gasteiger partial charge in [0.1, 0.15) is 11.4 Å². The zero-order chi connectivity index (χ0) is 16.4. The highest BCUT2D eigenvalue weighted by Gasteiger charge is 2.43. The smallest absolute Gasteiger partial charge is 0.326 e. The fourth-order valence-corrected chi connectivity index (χ4v) is 4.10. The molecule has 0 N–H and O–H groups in total. The van der Waals surface area contributed by atoms with Crippen LogP contribution >= 0.6 is 11.8 Å². The standard InChI is InChI=1S/C19H21NO2S/c1-19(18(21)22-13-12-20(2)3)16-10-6-4-8-14(16)15-9-5-7-11-17(15)23-19/h4-11H,12-13H2,1-3H3. The Bertz CT molecular complexity index is 729. The summed E-state index contributed by atoms with van der Waals surface area (Å²) in [4.78, 5) is 15.9. The maximum absolute atomic E-state index is 12.8. The van der Waals surface area contributed by atoms with E-state index < -0.39 is 4.75 Å². The molecule has 23 heavy (non-hydrogen) atoms. The average Bonchev–Trinajstić information content (AvgIpc) is 2.55. The van der Waals surface area contributed by atoms with Crippen molar-refractivity contribution in [2.45, 2.75) is 16.6 Å². The largest absolute Gasteiger partial charge is 0.463 e. The number of carbonyl (C=O) groups is 1. The van der Waals surface area contributed by atoms with Crippen LogP contribution in [0.2, 0.25) is 0 Å². The van der Waals surface area contributed by atoms with E-state index in [2.05, 4.69) is 18.2 Å². The first-order valence-corrected chi connectivity index (χ1v) is 8.54. The van der Waals surface area contributed by atoms with Crippen LogP contribution in [0.1, 0.15) is 12.5 Å². The second-order valence-electron chi connectivity index (χ2n) is 6.12. The highest BCUT2D eigenvalue weighted by atomic mass is 32.2. The maximum Gasteiger partial charge on any atom is 0.326 e.